The van der Waals surface area contributed by atoms with Gasteiger partial charge < -0.3 is 10.1 Å². The van der Waals surface area contributed by atoms with Gasteiger partial charge in [0.15, 0.2) is 0 Å². The van der Waals surface area contributed by atoms with Gasteiger partial charge in [-0.05, 0) is 55.2 Å². The smallest absolute Gasteiger partial charge is 0.333 e. The Morgan fingerprint density at radius 3 is 2.96 bits per heavy atom. The lowest BCUT2D eigenvalue weighted by atomic mass is 9.63. The molecule has 0 unspecified atom stereocenters. The quantitative estimate of drug-likeness (QED) is 0.777. The lowest BCUT2D eigenvalue weighted by Gasteiger charge is -2.48. The summed E-state index contributed by atoms with van der Waals surface area (Å²) in [6.07, 6.45) is 4.71. The van der Waals surface area contributed by atoms with E-state index in [-0.39, 0.29) is 23.8 Å². The van der Waals surface area contributed by atoms with Gasteiger partial charge in [-0.3, -0.25) is 9.69 Å². The van der Waals surface area contributed by atoms with Crippen LogP contribution in [0.3, 0.4) is 0 Å². The molecule has 1 aromatic carbocycles. The predicted molar refractivity (Wildman–Crippen MR) is 102 cm³/mol. The summed E-state index contributed by atoms with van der Waals surface area (Å²) < 4.78 is 5.08. The van der Waals surface area contributed by atoms with Gasteiger partial charge in [0.25, 0.3) is 0 Å². The molecule has 1 amide bonds. The van der Waals surface area contributed by atoms with Crippen LogP contribution in [0.4, 0.5) is 5.69 Å². The first kappa shape index (κ1) is 17.0. The molecule has 1 N–H and O–H groups in total. The van der Waals surface area contributed by atoms with Crippen LogP contribution in [0.15, 0.2) is 35.9 Å². The van der Waals surface area contributed by atoms with Gasteiger partial charge in [0.1, 0.15) is 0 Å². The van der Waals surface area contributed by atoms with Crippen molar-refractivity contribution in [3.05, 3.63) is 41.5 Å². The third-order valence-electron chi connectivity index (χ3n) is 7.56. The normalized spacial score (nSPS) is 37.3. The van der Waals surface area contributed by atoms with Gasteiger partial charge in [0.2, 0.25) is 5.91 Å². The standard InChI is InChI=1S/C22H26N2O3/c1-13-7-8-14(20(25)27-2)15-11-19-22(9-10-24(19)12-16(13)15)17-5-3-4-6-18(17)23-21(22)26/h3-6,8,13,15-16,19H,7,9-12H2,1-2H3,(H,23,26)/t13-,15-,16+,19-,22+/m1/s1. The van der Waals surface area contributed by atoms with Crippen molar-refractivity contribution < 1.29 is 14.3 Å². The molecule has 3 aliphatic heterocycles. The highest BCUT2D eigenvalue weighted by atomic mass is 16.5. The van der Waals surface area contributed by atoms with Gasteiger partial charge in [0.05, 0.1) is 12.5 Å². The average Bonchev–Trinajstić information content (AvgIpc) is 3.20. The number of benzene rings is 1. The summed E-state index contributed by atoms with van der Waals surface area (Å²) in [5, 5.41) is 3.12. The van der Waals surface area contributed by atoms with E-state index >= 15 is 0 Å². The second-order valence-electron chi connectivity index (χ2n) is 8.60. The summed E-state index contributed by atoms with van der Waals surface area (Å²) in [5.41, 5.74) is 2.43. The number of nitrogens with zero attached hydrogens (tertiary/aromatic N) is 1. The molecule has 4 aliphatic rings. The lowest BCUT2D eigenvalue weighted by molar-refractivity contribution is -0.137. The number of amides is 1. The maximum absolute atomic E-state index is 13.2. The van der Waals surface area contributed by atoms with E-state index in [0.29, 0.717) is 11.8 Å². The van der Waals surface area contributed by atoms with Crippen molar-refractivity contribution in [1.29, 1.82) is 0 Å². The van der Waals surface area contributed by atoms with Crippen molar-refractivity contribution in [3.63, 3.8) is 0 Å². The highest BCUT2D eigenvalue weighted by Gasteiger charge is 2.60. The van der Waals surface area contributed by atoms with Crippen LogP contribution in [0.5, 0.6) is 0 Å². The summed E-state index contributed by atoms with van der Waals surface area (Å²) in [6, 6.07) is 8.24. The fourth-order valence-corrected chi connectivity index (χ4v) is 6.18. The van der Waals surface area contributed by atoms with Crippen LogP contribution in [0.1, 0.15) is 31.7 Å². The Labute approximate surface area is 159 Å². The largest absolute Gasteiger partial charge is 0.466 e. The van der Waals surface area contributed by atoms with Gasteiger partial charge in [-0.1, -0.05) is 31.2 Å². The first-order valence-corrected chi connectivity index (χ1v) is 9.99. The summed E-state index contributed by atoms with van der Waals surface area (Å²) >= 11 is 0. The number of anilines is 1. The number of para-hydroxylation sites is 1. The Hall–Kier alpha value is -2.14. The van der Waals surface area contributed by atoms with E-state index in [9.17, 15) is 9.59 Å². The van der Waals surface area contributed by atoms with Gasteiger partial charge in [-0.2, -0.15) is 0 Å². The Balaban J connectivity index is 1.55. The Bertz CT molecular complexity index is 848. The zero-order valence-electron chi connectivity index (χ0n) is 15.9. The topological polar surface area (TPSA) is 58.6 Å². The second-order valence-corrected chi connectivity index (χ2v) is 8.60. The number of carbonyl (C=O) groups is 2. The molecule has 5 nitrogen and oxygen atoms in total. The molecule has 5 rings (SSSR count). The van der Waals surface area contributed by atoms with Crippen molar-refractivity contribution in [2.75, 3.05) is 25.5 Å². The van der Waals surface area contributed by atoms with Gasteiger partial charge in [-0.15, -0.1) is 0 Å². The van der Waals surface area contributed by atoms with Crippen LogP contribution in [-0.2, 0) is 19.7 Å². The molecule has 0 aromatic heterocycles. The number of allylic oxidation sites excluding steroid dienone is 1. The first-order chi connectivity index (χ1) is 13.1. The number of piperidine rings is 1. The molecular formula is C22H26N2O3. The van der Waals surface area contributed by atoms with Crippen LogP contribution >= 0.6 is 0 Å². The Morgan fingerprint density at radius 1 is 1.33 bits per heavy atom. The van der Waals surface area contributed by atoms with Crippen LogP contribution in [-0.4, -0.2) is 43.0 Å². The monoisotopic (exact) mass is 366 g/mol. The van der Waals surface area contributed by atoms with E-state index in [1.165, 1.54) is 7.11 Å². The van der Waals surface area contributed by atoms with E-state index in [1.807, 2.05) is 18.2 Å². The minimum Gasteiger partial charge on any atom is -0.466 e. The van der Waals surface area contributed by atoms with Crippen molar-refractivity contribution in [3.8, 4) is 0 Å². The van der Waals surface area contributed by atoms with Gasteiger partial charge >= 0.3 is 5.97 Å². The Kier molecular flexibility index (Phi) is 3.73. The molecule has 1 aliphatic carbocycles. The molecular weight excluding hydrogens is 340 g/mol. The number of nitrogens with one attached hydrogen (secondary N) is 1. The molecule has 2 fully saturated rings. The van der Waals surface area contributed by atoms with Crippen LogP contribution < -0.4 is 5.32 Å². The first-order valence-electron chi connectivity index (χ1n) is 9.99. The number of carbonyl (C=O) groups excluding carboxylic acids is 2. The van der Waals surface area contributed by atoms with Crippen LogP contribution in [0, 0.1) is 17.8 Å². The number of hydrogen-bond acceptors (Lipinski definition) is 4. The second kappa shape index (κ2) is 5.93. The minimum atomic E-state index is -0.483. The van der Waals surface area contributed by atoms with Crippen LogP contribution in [0.2, 0.25) is 0 Å². The summed E-state index contributed by atoms with van der Waals surface area (Å²) in [6.45, 7) is 4.19. The summed E-state index contributed by atoms with van der Waals surface area (Å²) in [4.78, 5) is 28.1. The van der Waals surface area contributed by atoms with Crippen molar-refractivity contribution >= 4 is 17.6 Å². The van der Waals surface area contributed by atoms with Gasteiger partial charge in [0, 0.05) is 23.8 Å². The molecule has 5 atom stereocenters. The number of rotatable bonds is 1. The van der Waals surface area contributed by atoms with E-state index in [2.05, 4.69) is 29.3 Å². The molecule has 2 saturated heterocycles. The molecule has 0 radical (unpaired) electrons. The average molecular weight is 366 g/mol. The maximum Gasteiger partial charge on any atom is 0.333 e. The number of methoxy groups -OCH3 is 1. The molecule has 0 saturated carbocycles. The number of hydrogen-bond donors (Lipinski definition) is 1. The fraction of sp³-hybridized carbons (Fsp3) is 0.545. The highest BCUT2D eigenvalue weighted by Crippen LogP contribution is 2.54. The zero-order valence-corrected chi connectivity index (χ0v) is 15.9. The minimum absolute atomic E-state index is 0.127. The third-order valence-corrected chi connectivity index (χ3v) is 7.56. The lowest BCUT2D eigenvalue weighted by Crippen LogP contribution is -2.55. The summed E-state index contributed by atoms with van der Waals surface area (Å²) in [5.74, 6) is 1.11. The fourth-order valence-electron chi connectivity index (χ4n) is 6.18. The van der Waals surface area contributed by atoms with Crippen molar-refractivity contribution in [2.24, 2.45) is 17.8 Å². The molecule has 1 spiro atoms. The summed E-state index contributed by atoms with van der Waals surface area (Å²) in [7, 11) is 1.46. The molecule has 3 heterocycles. The SMILES string of the molecule is COC(=O)C1=CC[C@@H](C)[C@@H]2CN3CC[C@@]4(C(=O)Nc5ccccc54)[C@H]3C[C@H]12. The maximum atomic E-state index is 13.2. The molecule has 5 heteroatoms. The third kappa shape index (κ3) is 2.21. The van der Waals surface area contributed by atoms with Crippen LogP contribution in [0.25, 0.3) is 0 Å². The number of esters is 1. The number of fused-ring (bicyclic) bond motifs is 5. The molecule has 0 bridgehead atoms. The van der Waals surface area contributed by atoms with Gasteiger partial charge in [-0.25, -0.2) is 4.79 Å². The van der Waals surface area contributed by atoms with E-state index in [0.717, 1.165) is 49.2 Å². The zero-order chi connectivity index (χ0) is 18.8. The van der Waals surface area contributed by atoms with E-state index < -0.39 is 5.41 Å². The highest BCUT2D eigenvalue weighted by molar-refractivity contribution is 6.07. The van der Waals surface area contributed by atoms with E-state index in [4.69, 9.17) is 4.74 Å². The van der Waals surface area contributed by atoms with Crippen molar-refractivity contribution in [1.82, 2.24) is 4.90 Å². The molecule has 142 valence electrons. The molecule has 27 heavy (non-hydrogen) atoms. The number of ether oxygens (including phenoxy) is 1. The Morgan fingerprint density at radius 2 is 2.15 bits per heavy atom. The molecule has 1 aromatic rings. The van der Waals surface area contributed by atoms with E-state index in [1.54, 1.807) is 0 Å². The predicted octanol–water partition coefficient (Wildman–Crippen LogP) is 2.73. The van der Waals surface area contributed by atoms with Crippen molar-refractivity contribution in [2.45, 2.75) is 37.6 Å².